The van der Waals surface area contributed by atoms with Crippen LogP contribution in [-0.4, -0.2) is 0 Å². The third-order valence-corrected chi connectivity index (χ3v) is 3.91. The van der Waals surface area contributed by atoms with E-state index in [0.29, 0.717) is 0 Å². The Labute approximate surface area is 105 Å². The molecule has 1 atom stereocenters. The number of nitrogens with two attached hydrogens (primary N) is 1. The van der Waals surface area contributed by atoms with Crippen LogP contribution < -0.4 is 5.73 Å². The summed E-state index contributed by atoms with van der Waals surface area (Å²) in [6.45, 7) is 2.00. The van der Waals surface area contributed by atoms with Crippen LogP contribution in [0.3, 0.4) is 0 Å². The third kappa shape index (κ3) is 2.46. The molecule has 0 radical (unpaired) electrons. The second-order valence-electron chi connectivity index (χ2n) is 3.92. The summed E-state index contributed by atoms with van der Waals surface area (Å²) in [5.74, 6) is 0. The lowest BCUT2D eigenvalue weighted by Crippen LogP contribution is -2.13. The normalized spacial score (nSPS) is 12.7. The van der Waals surface area contributed by atoms with Crippen LogP contribution >= 0.6 is 22.9 Å². The van der Waals surface area contributed by atoms with Crippen molar-refractivity contribution in [2.24, 2.45) is 5.73 Å². The van der Waals surface area contributed by atoms with Crippen LogP contribution in [0.2, 0.25) is 5.02 Å². The zero-order valence-corrected chi connectivity index (χ0v) is 10.7. The van der Waals surface area contributed by atoms with Gasteiger partial charge in [-0.15, -0.1) is 0 Å². The average molecular weight is 252 g/mol. The molecule has 16 heavy (non-hydrogen) atoms. The molecule has 2 N–H and O–H groups in total. The molecule has 0 bridgehead atoms. The summed E-state index contributed by atoms with van der Waals surface area (Å²) in [6.07, 6.45) is 0.840. The summed E-state index contributed by atoms with van der Waals surface area (Å²) in [7, 11) is 0. The van der Waals surface area contributed by atoms with E-state index in [4.69, 9.17) is 17.3 Å². The SMILES string of the molecule is Cc1cccc(C(N)Cc2ccsc2)c1Cl. The highest BCUT2D eigenvalue weighted by Crippen LogP contribution is 2.27. The van der Waals surface area contributed by atoms with Crippen LogP contribution in [0, 0.1) is 6.92 Å². The third-order valence-electron chi connectivity index (χ3n) is 2.66. The average Bonchev–Trinajstić information content (AvgIpc) is 2.74. The van der Waals surface area contributed by atoms with Crippen molar-refractivity contribution in [1.82, 2.24) is 0 Å². The van der Waals surface area contributed by atoms with E-state index in [1.807, 2.05) is 25.1 Å². The largest absolute Gasteiger partial charge is 0.324 e. The maximum Gasteiger partial charge on any atom is 0.0483 e. The lowest BCUT2D eigenvalue weighted by molar-refractivity contribution is 0.723. The van der Waals surface area contributed by atoms with Crippen LogP contribution in [0.25, 0.3) is 0 Å². The number of hydrogen-bond acceptors (Lipinski definition) is 2. The van der Waals surface area contributed by atoms with E-state index in [-0.39, 0.29) is 6.04 Å². The standard InChI is InChI=1S/C13H14ClNS/c1-9-3-2-4-11(13(9)14)12(15)7-10-5-6-16-8-10/h2-6,8,12H,7,15H2,1H3. The highest BCUT2D eigenvalue weighted by Gasteiger charge is 2.12. The van der Waals surface area contributed by atoms with Gasteiger partial charge in [-0.25, -0.2) is 0 Å². The summed E-state index contributed by atoms with van der Waals surface area (Å²) in [4.78, 5) is 0. The minimum Gasteiger partial charge on any atom is -0.324 e. The number of halogens is 1. The molecule has 0 aliphatic rings. The first-order chi connectivity index (χ1) is 7.68. The van der Waals surface area contributed by atoms with E-state index < -0.39 is 0 Å². The van der Waals surface area contributed by atoms with E-state index in [0.717, 1.165) is 22.6 Å². The summed E-state index contributed by atoms with van der Waals surface area (Å²) < 4.78 is 0. The lowest BCUT2D eigenvalue weighted by atomic mass is 10.00. The van der Waals surface area contributed by atoms with Gasteiger partial charge in [0.05, 0.1) is 0 Å². The van der Waals surface area contributed by atoms with Crippen molar-refractivity contribution in [3.8, 4) is 0 Å². The van der Waals surface area contributed by atoms with E-state index in [1.165, 1.54) is 5.56 Å². The topological polar surface area (TPSA) is 26.0 Å². The first-order valence-electron chi connectivity index (χ1n) is 5.20. The Morgan fingerprint density at radius 3 is 2.88 bits per heavy atom. The second kappa shape index (κ2) is 5.00. The Hall–Kier alpha value is -0.830. The molecular formula is C13H14ClNS. The minimum absolute atomic E-state index is 0.0259. The second-order valence-corrected chi connectivity index (χ2v) is 5.08. The summed E-state index contributed by atoms with van der Waals surface area (Å²) in [6, 6.07) is 8.09. The Bertz CT molecular complexity index is 465. The predicted molar refractivity (Wildman–Crippen MR) is 71.1 cm³/mol. The Morgan fingerprint density at radius 2 is 2.19 bits per heavy atom. The molecule has 1 aromatic heterocycles. The minimum atomic E-state index is -0.0259. The Balaban J connectivity index is 2.21. The maximum absolute atomic E-state index is 6.25. The number of thiophene rings is 1. The highest BCUT2D eigenvalue weighted by molar-refractivity contribution is 7.07. The fraction of sp³-hybridized carbons (Fsp3) is 0.231. The van der Waals surface area contributed by atoms with Crippen LogP contribution in [-0.2, 0) is 6.42 Å². The van der Waals surface area contributed by atoms with Gasteiger partial charge in [0, 0.05) is 11.1 Å². The first kappa shape index (κ1) is 11.6. The fourth-order valence-corrected chi connectivity index (χ4v) is 2.68. The smallest absolute Gasteiger partial charge is 0.0483 e. The molecular weight excluding hydrogens is 238 g/mol. The molecule has 0 saturated carbocycles. The van der Waals surface area contributed by atoms with Gasteiger partial charge >= 0.3 is 0 Å². The monoisotopic (exact) mass is 251 g/mol. The summed E-state index contributed by atoms with van der Waals surface area (Å²) in [5.41, 5.74) is 9.57. The van der Waals surface area contributed by atoms with E-state index in [1.54, 1.807) is 11.3 Å². The first-order valence-corrected chi connectivity index (χ1v) is 6.52. The van der Waals surface area contributed by atoms with Crippen LogP contribution in [0.1, 0.15) is 22.7 Å². The van der Waals surface area contributed by atoms with Gasteiger partial charge in [-0.3, -0.25) is 0 Å². The number of aryl methyl sites for hydroxylation is 1. The molecule has 1 unspecified atom stereocenters. The van der Waals surface area contributed by atoms with E-state index in [9.17, 15) is 0 Å². The molecule has 2 aromatic rings. The molecule has 0 spiro atoms. The molecule has 0 saturated heterocycles. The quantitative estimate of drug-likeness (QED) is 0.878. The van der Waals surface area contributed by atoms with Gasteiger partial charge in [-0.2, -0.15) is 11.3 Å². The van der Waals surface area contributed by atoms with E-state index in [2.05, 4.69) is 16.8 Å². The molecule has 0 amide bonds. The maximum atomic E-state index is 6.25. The van der Waals surface area contributed by atoms with Crippen LogP contribution in [0.5, 0.6) is 0 Å². The van der Waals surface area contributed by atoms with Gasteiger partial charge in [-0.1, -0.05) is 29.8 Å². The van der Waals surface area contributed by atoms with Crippen LogP contribution in [0.15, 0.2) is 35.0 Å². The molecule has 84 valence electrons. The zero-order chi connectivity index (χ0) is 11.5. The van der Waals surface area contributed by atoms with Crippen molar-refractivity contribution in [2.45, 2.75) is 19.4 Å². The molecule has 1 aromatic carbocycles. The molecule has 0 aliphatic heterocycles. The molecule has 0 aliphatic carbocycles. The summed E-state index contributed by atoms with van der Waals surface area (Å²) in [5, 5.41) is 4.99. The van der Waals surface area contributed by atoms with E-state index >= 15 is 0 Å². The van der Waals surface area contributed by atoms with Gasteiger partial charge in [0.15, 0.2) is 0 Å². The predicted octanol–water partition coefficient (Wildman–Crippen LogP) is 3.95. The molecule has 3 heteroatoms. The zero-order valence-electron chi connectivity index (χ0n) is 9.11. The van der Waals surface area contributed by atoms with Gasteiger partial charge in [0.25, 0.3) is 0 Å². The van der Waals surface area contributed by atoms with Gasteiger partial charge in [0.1, 0.15) is 0 Å². The summed E-state index contributed by atoms with van der Waals surface area (Å²) >= 11 is 7.95. The highest BCUT2D eigenvalue weighted by atomic mass is 35.5. The number of benzene rings is 1. The Kier molecular flexibility index (Phi) is 3.64. The van der Waals surface area contributed by atoms with Gasteiger partial charge in [-0.05, 0) is 46.9 Å². The molecule has 0 fully saturated rings. The molecule has 1 heterocycles. The van der Waals surface area contributed by atoms with Crippen LogP contribution in [0.4, 0.5) is 0 Å². The lowest BCUT2D eigenvalue weighted by Gasteiger charge is -2.14. The van der Waals surface area contributed by atoms with Crippen molar-refractivity contribution in [3.05, 3.63) is 56.7 Å². The van der Waals surface area contributed by atoms with Crippen molar-refractivity contribution < 1.29 is 0 Å². The van der Waals surface area contributed by atoms with Gasteiger partial charge in [0.2, 0.25) is 0 Å². The molecule has 2 rings (SSSR count). The molecule has 1 nitrogen and oxygen atoms in total. The fourth-order valence-electron chi connectivity index (χ4n) is 1.73. The number of rotatable bonds is 3. The van der Waals surface area contributed by atoms with Gasteiger partial charge < -0.3 is 5.73 Å². The van der Waals surface area contributed by atoms with Crippen molar-refractivity contribution >= 4 is 22.9 Å². The Morgan fingerprint density at radius 1 is 1.38 bits per heavy atom. The number of hydrogen-bond donors (Lipinski definition) is 1. The van der Waals surface area contributed by atoms with Crippen molar-refractivity contribution in [2.75, 3.05) is 0 Å². The van der Waals surface area contributed by atoms with Crippen molar-refractivity contribution in [1.29, 1.82) is 0 Å². The van der Waals surface area contributed by atoms with Crippen molar-refractivity contribution in [3.63, 3.8) is 0 Å².